The Labute approximate surface area is 129 Å². The molecule has 1 aliphatic heterocycles. The summed E-state index contributed by atoms with van der Waals surface area (Å²) in [4.78, 5) is 19.3. The number of hydrogen-bond acceptors (Lipinski definition) is 6. The number of piperidine rings is 1. The Hall–Kier alpha value is -1.34. The number of nitrogens with one attached hydrogen (secondary N) is 1. The number of carbonyl (C=O) groups excluding carboxylic acids is 1. The van der Waals surface area contributed by atoms with Gasteiger partial charge < -0.3 is 21.1 Å². The Morgan fingerprint density at radius 1 is 1.57 bits per heavy atom. The van der Waals surface area contributed by atoms with Gasteiger partial charge in [-0.3, -0.25) is 4.79 Å². The van der Waals surface area contributed by atoms with Crippen molar-refractivity contribution in [2.24, 2.45) is 0 Å². The molecule has 0 radical (unpaired) electrons. The SMILES string of the molecule is CC(C)Nc1nc(N)c(C(=O)N2CCCCC2CCO)s1. The maximum absolute atomic E-state index is 12.7. The minimum atomic E-state index is -0.0556. The summed E-state index contributed by atoms with van der Waals surface area (Å²) >= 11 is 1.31. The van der Waals surface area contributed by atoms with Gasteiger partial charge in [0.05, 0.1) is 0 Å². The zero-order valence-corrected chi connectivity index (χ0v) is 13.4. The second kappa shape index (κ2) is 7.09. The van der Waals surface area contributed by atoms with E-state index in [1.807, 2.05) is 18.7 Å². The van der Waals surface area contributed by atoms with Crippen molar-refractivity contribution in [1.82, 2.24) is 9.88 Å². The van der Waals surface area contributed by atoms with E-state index in [9.17, 15) is 4.79 Å². The average molecular weight is 312 g/mol. The van der Waals surface area contributed by atoms with Crippen molar-refractivity contribution in [2.75, 3.05) is 24.2 Å². The molecule has 2 rings (SSSR count). The molecule has 0 aromatic carbocycles. The third-order valence-electron chi connectivity index (χ3n) is 3.61. The number of nitrogens with two attached hydrogens (primary N) is 1. The minimum Gasteiger partial charge on any atom is -0.396 e. The van der Waals surface area contributed by atoms with E-state index in [4.69, 9.17) is 10.8 Å². The predicted octanol–water partition coefficient (Wildman–Crippen LogP) is 1.92. The highest BCUT2D eigenvalue weighted by molar-refractivity contribution is 7.18. The van der Waals surface area contributed by atoms with Crippen molar-refractivity contribution < 1.29 is 9.90 Å². The van der Waals surface area contributed by atoms with E-state index in [0.717, 1.165) is 25.8 Å². The molecule has 1 unspecified atom stereocenters. The van der Waals surface area contributed by atoms with Crippen LogP contribution in [0.1, 0.15) is 49.2 Å². The molecule has 6 nitrogen and oxygen atoms in total. The van der Waals surface area contributed by atoms with Crippen LogP contribution in [-0.2, 0) is 0 Å². The van der Waals surface area contributed by atoms with Gasteiger partial charge >= 0.3 is 0 Å². The molecular formula is C14H24N4O2S. The summed E-state index contributed by atoms with van der Waals surface area (Å²) in [6, 6.07) is 0.356. The molecule has 1 saturated heterocycles. The minimum absolute atomic E-state index is 0.0556. The molecule has 0 bridgehead atoms. The van der Waals surface area contributed by atoms with Crippen LogP contribution in [-0.4, -0.2) is 46.1 Å². The van der Waals surface area contributed by atoms with Crippen molar-refractivity contribution in [2.45, 2.75) is 51.6 Å². The molecule has 1 atom stereocenters. The lowest BCUT2D eigenvalue weighted by Gasteiger charge is -2.35. The Kier molecular flexibility index (Phi) is 5.41. The van der Waals surface area contributed by atoms with Crippen molar-refractivity contribution in [1.29, 1.82) is 0 Å². The maximum Gasteiger partial charge on any atom is 0.268 e. The number of thiazole rings is 1. The van der Waals surface area contributed by atoms with Gasteiger partial charge in [-0.15, -0.1) is 0 Å². The van der Waals surface area contributed by atoms with E-state index >= 15 is 0 Å². The summed E-state index contributed by atoms with van der Waals surface area (Å²) < 4.78 is 0. The van der Waals surface area contributed by atoms with Crippen LogP contribution in [0.3, 0.4) is 0 Å². The average Bonchev–Trinajstić information content (AvgIpc) is 2.79. The van der Waals surface area contributed by atoms with E-state index in [1.165, 1.54) is 11.3 Å². The molecule has 0 aliphatic carbocycles. The molecule has 1 aromatic rings. The summed E-state index contributed by atoms with van der Waals surface area (Å²) in [5, 5.41) is 13.0. The van der Waals surface area contributed by atoms with Gasteiger partial charge in [0.1, 0.15) is 10.7 Å². The zero-order chi connectivity index (χ0) is 15.4. The second-order valence-electron chi connectivity index (χ2n) is 5.69. The number of nitrogens with zero attached hydrogens (tertiary/aromatic N) is 2. The Bertz CT molecular complexity index is 487. The van der Waals surface area contributed by atoms with Crippen LogP contribution in [0.25, 0.3) is 0 Å². The molecule has 1 aliphatic rings. The Morgan fingerprint density at radius 3 is 3.00 bits per heavy atom. The summed E-state index contributed by atoms with van der Waals surface area (Å²) in [6.07, 6.45) is 3.68. The number of aliphatic hydroxyl groups excluding tert-OH is 1. The molecule has 0 spiro atoms. The summed E-state index contributed by atoms with van der Waals surface area (Å²) in [5.41, 5.74) is 5.91. The van der Waals surface area contributed by atoms with Gasteiger partial charge in [0, 0.05) is 25.2 Å². The molecule has 21 heavy (non-hydrogen) atoms. The Morgan fingerprint density at radius 2 is 2.33 bits per heavy atom. The fourth-order valence-electron chi connectivity index (χ4n) is 2.64. The molecule has 1 amide bonds. The van der Waals surface area contributed by atoms with Crippen molar-refractivity contribution in [3.63, 3.8) is 0 Å². The largest absolute Gasteiger partial charge is 0.396 e. The molecule has 7 heteroatoms. The van der Waals surface area contributed by atoms with Crippen LogP contribution in [0, 0.1) is 0 Å². The number of nitrogen functional groups attached to an aromatic ring is 1. The number of rotatable bonds is 5. The van der Waals surface area contributed by atoms with Crippen molar-refractivity contribution >= 4 is 28.2 Å². The van der Waals surface area contributed by atoms with Crippen LogP contribution >= 0.6 is 11.3 Å². The van der Waals surface area contributed by atoms with Gasteiger partial charge in [0.15, 0.2) is 5.13 Å². The number of aliphatic hydroxyl groups is 1. The number of anilines is 2. The van der Waals surface area contributed by atoms with E-state index in [1.54, 1.807) is 0 Å². The lowest BCUT2D eigenvalue weighted by Crippen LogP contribution is -2.44. The lowest BCUT2D eigenvalue weighted by atomic mass is 9.99. The van der Waals surface area contributed by atoms with Crippen LogP contribution in [0.2, 0.25) is 0 Å². The number of carbonyl (C=O) groups is 1. The first-order chi connectivity index (χ1) is 10.0. The van der Waals surface area contributed by atoms with Gasteiger partial charge in [-0.1, -0.05) is 11.3 Å². The molecule has 1 aromatic heterocycles. The number of aromatic nitrogens is 1. The third kappa shape index (κ3) is 3.85. The van der Waals surface area contributed by atoms with E-state index in [2.05, 4.69) is 10.3 Å². The summed E-state index contributed by atoms with van der Waals surface area (Å²) in [5.74, 6) is 0.237. The van der Waals surface area contributed by atoms with Crippen LogP contribution in [0.4, 0.5) is 10.9 Å². The summed E-state index contributed by atoms with van der Waals surface area (Å²) in [6.45, 7) is 4.86. The smallest absolute Gasteiger partial charge is 0.268 e. The first kappa shape index (κ1) is 16.0. The van der Waals surface area contributed by atoms with Gasteiger partial charge in [0.2, 0.25) is 0 Å². The van der Waals surface area contributed by atoms with Gasteiger partial charge in [-0.05, 0) is 39.5 Å². The van der Waals surface area contributed by atoms with E-state index in [0.29, 0.717) is 22.2 Å². The van der Waals surface area contributed by atoms with Crippen LogP contribution in [0.5, 0.6) is 0 Å². The highest BCUT2D eigenvalue weighted by Gasteiger charge is 2.29. The lowest BCUT2D eigenvalue weighted by molar-refractivity contribution is 0.0580. The van der Waals surface area contributed by atoms with E-state index in [-0.39, 0.29) is 24.6 Å². The molecule has 4 N–H and O–H groups in total. The predicted molar refractivity (Wildman–Crippen MR) is 85.7 cm³/mol. The standard InChI is InChI=1S/C14H24N4O2S/c1-9(2)16-14-17-12(15)11(21-14)13(20)18-7-4-3-5-10(18)6-8-19/h9-10,19H,3-8,15H2,1-2H3,(H,16,17). The van der Waals surface area contributed by atoms with Gasteiger partial charge in [-0.25, -0.2) is 4.98 Å². The normalized spacial score (nSPS) is 19.0. The number of amides is 1. The molecule has 1 fully saturated rings. The highest BCUT2D eigenvalue weighted by Crippen LogP contribution is 2.29. The van der Waals surface area contributed by atoms with Gasteiger partial charge in [0.25, 0.3) is 5.91 Å². The first-order valence-corrected chi connectivity index (χ1v) is 8.29. The van der Waals surface area contributed by atoms with Crippen molar-refractivity contribution in [3.8, 4) is 0 Å². The molecule has 2 heterocycles. The van der Waals surface area contributed by atoms with E-state index < -0.39 is 0 Å². The fourth-order valence-corrected chi connectivity index (χ4v) is 3.63. The molecule has 118 valence electrons. The zero-order valence-electron chi connectivity index (χ0n) is 12.6. The molecular weight excluding hydrogens is 288 g/mol. The number of hydrogen-bond donors (Lipinski definition) is 3. The maximum atomic E-state index is 12.7. The Balaban J connectivity index is 2.16. The third-order valence-corrected chi connectivity index (χ3v) is 4.60. The van der Waals surface area contributed by atoms with Crippen LogP contribution in [0.15, 0.2) is 0 Å². The first-order valence-electron chi connectivity index (χ1n) is 7.47. The van der Waals surface area contributed by atoms with Crippen LogP contribution < -0.4 is 11.1 Å². The quantitative estimate of drug-likeness (QED) is 0.772. The topological polar surface area (TPSA) is 91.5 Å². The molecule has 0 saturated carbocycles. The van der Waals surface area contributed by atoms with Crippen molar-refractivity contribution in [3.05, 3.63) is 4.88 Å². The monoisotopic (exact) mass is 312 g/mol. The van der Waals surface area contributed by atoms with Gasteiger partial charge in [-0.2, -0.15) is 0 Å². The number of likely N-dealkylation sites (tertiary alicyclic amines) is 1. The summed E-state index contributed by atoms with van der Waals surface area (Å²) in [7, 11) is 0. The fraction of sp³-hybridized carbons (Fsp3) is 0.714. The second-order valence-corrected chi connectivity index (χ2v) is 6.69. The highest BCUT2D eigenvalue weighted by atomic mass is 32.1.